The van der Waals surface area contributed by atoms with E-state index in [2.05, 4.69) is 53.3 Å². The van der Waals surface area contributed by atoms with E-state index in [1.54, 1.807) is 11.8 Å². The van der Waals surface area contributed by atoms with Crippen molar-refractivity contribution in [1.82, 2.24) is 40.6 Å². The molecule has 1 aliphatic heterocycles. The zero-order chi connectivity index (χ0) is 45.0. The first-order valence-corrected chi connectivity index (χ1v) is 21.4. The molecule has 1 unspecified atom stereocenters. The second kappa shape index (κ2) is 18.8. The molecule has 1 saturated heterocycles. The summed E-state index contributed by atoms with van der Waals surface area (Å²) in [6.07, 6.45) is 7.13. The molecule has 7 aromatic rings. The highest BCUT2D eigenvalue weighted by atomic mass is 19.1. The first-order valence-electron chi connectivity index (χ1n) is 21.4. The van der Waals surface area contributed by atoms with Gasteiger partial charge in [0, 0.05) is 59.6 Å². The van der Waals surface area contributed by atoms with Crippen molar-refractivity contribution >= 4 is 34.3 Å². The summed E-state index contributed by atoms with van der Waals surface area (Å²) in [5.41, 5.74) is 6.25. The van der Waals surface area contributed by atoms with Crippen LogP contribution >= 0.6 is 0 Å². The Bertz CT molecular complexity index is 2800. The maximum Gasteiger partial charge on any atom is 0.323 e. The number of anilines is 2. The van der Waals surface area contributed by atoms with Crippen molar-refractivity contribution in [3.05, 3.63) is 131 Å². The van der Waals surface area contributed by atoms with Gasteiger partial charge in [0.05, 0.1) is 23.1 Å². The number of H-pyrrole nitrogens is 1. The second-order valence-electron chi connectivity index (χ2n) is 16.6. The third kappa shape index (κ3) is 9.99. The molecule has 0 aliphatic carbocycles. The average molecular weight is 869 g/mol. The molecule has 1 atom stereocenters. The Morgan fingerprint density at radius 3 is 2.55 bits per heavy atom. The van der Waals surface area contributed by atoms with E-state index in [4.69, 9.17) is 0 Å². The van der Waals surface area contributed by atoms with Crippen LogP contribution in [0.1, 0.15) is 73.0 Å². The normalized spacial score (nSPS) is 14.3. The van der Waals surface area contributed by atoms with E-state index in [1.165, 1.54) is 44.4 Å². The number of fused-ring (bicyclic) bond motifs is 1. The van der Waals surface area contributed by atoms with E-state index >= 15 is 4.39 Å². The van der Waals surface area contributed by atoms with Crippen LogP contribution in [-0.2, 0) is 18.7 Å². The summed E-state index contributed by atoms with van der Waals surface area (Å²) in [5, 5.41) is 38.0. The van der Waals surface area contributed by atoms with Crippen molar-refractivity contribution in [3.63, 3.8) is 0 Å². The van der Waals surface area contributed by atoms with E-state index in [1.807, 2.05) is 53.3 Å². The number of aryl methyl sites for hydroxylation is 1. The van der Waals surface area contributed by atoms with E-state index in [0.717, 1.165) is 85.1 Å². The number of nitrogens with one attached hydrogen (secondary N) is 4. The Kier molecular flexibility index (Phi) is 12.9. The SMILES string of the molecule is Cc1c(NC(=O)c2ccc(C(C)(C)O)cc2F)cc(F)cc1-c1ncnc2[nH]c(-c3ccc(CNCCCCCCn4cc(-c5cccc(N6CCC(O)NC6=O)c5)nn4)cc3)cc12. The number of urea groups is 1. The van der Waals surface area contributed by atoms with Gasteiger partial charge in [-0.3, -0.25) is 14.4 Å². The van der Waals surface area contributed by atoms with Crippen LogP contribution < -0.4 is 20.9 Å². The molecule has 0 spiro atoms. The van der Waals surface area contributed by atoms with E-state index < -0.39 is 29.4 Å². The number of aromatic amines is 1. The lowest BCUT2D eigenvalue weighted by atomic mass is 9.96. The number of aromatic nitrogens is 6. The molecular formula is C48H50F2N10O4. The minimum absolute atomic E-state index is 0.172. The van der Waals surface area contributed by atoms with Crippen molar-refractivity contribution in [2.45, 2.75) is 77.8 Å². The van der Waals surface area contributed by atoms with Gasteiger partial charge in [0.1, 0.15) is 35.5 Å². The van der Waals surface area contributed by atoms with Crippen LogP contribution in [0.2, 0.25) is 0 Å². The number of benzene rings is 4. The number of nitrogens with zero attached hydrogens (tertiary/aromatic N) is 6. The van der Waals surface area contributed by atoms with Gasteiger partial charge in [-0.15, -0.1) is 5.10 Å². The Balaban J connectivity index is 0.812. The van der Waals surface area contributed by atoms with Gasteiger partial charge in [-0.05, 0) is 105 Å². The number of unbranched alkanes of at least 4 members (excludes halogenated alkanes) is 3. The summed E-state index contributed by atoms with van der Waals surface area (Å²) in [7, 11) is 0. The lowest BCUT2D eigenvalue weighted by Crippen LogP contribution is -2.51. The summed E-state index contributed by atoms with van der Waals surface area (Å²) in [6, 6.07) is 23.9. The topological polar surface area (TPSA) is 186 Å². The molecule has 330 valence electrons. The minimum Gasteiger partial charge on any atom is -0.386 e. The van der Waals surface area contributed by atoms with Crippen LogP contribution in [0.3, 0.4) is 0 Å². The number of amides is 3. The molecule has 16 heteroatoms. The van der Waals surface area contributed by atoms with Crippen LogP contribution in [0.15, 0.2) is 97.5 Å². The van der Waals surface area contributed by atoms with E-state index in [9.17, 15) is 24.2 Å². The summed E-state index contributed by atoms with van der Waals surface area (Å²) in [5.74, 6) is -2.16. The molecule has 1 fully saturated rings. The number of rotatable bonds is 16. The minimum atomic E-state index is -1.29. The van der Waals surface area contributed by atoms with Gasteiger partial charge < -0.3 is 31.1 Å². The quantitative estimate of drug-likeness (QED) is 0.0521. The monoisotopic (exact) mass is 868 g/mol. The van der Waals surface area contributed by atoms with Gasteiger partial charge in [0.2, 0.25) is 0 Å². The highest BCUT2D eigenvalue weighted by Gasteiger charge is 2.25. The van der Waals surface area contributed by atoms with Crippen molar-refractivity contribution in [3.8, 4) is 33.8 Å². The number of carbonyl (C=O) groups is 2. The molecule has 4 aromatic carbocycles. The summed E-state index contributed by atoms with van der Waals surface area (Å²) in [4.78, 5) is 39.4. The summed E-state index contributed by atoms with van der Waals surface area (Å²) < 4.78 is 32.0. The van der Waals surface area contributed by atoms with Gasteiger partial charge in [-0.2, -0.15) is 0 Å². The third-order valence-corrected chi connectivity index (χ3v) is 11.5. The van der Waals surface area contributed by atoms with Gasteiger partial charge in [-0.1, -0.05) is 60.5 Å². The first-order chi connectivity index (χ1) is 30.8. The van der Waals surface area contributed by atoms with Crippen LogP contribution in [0.25, 0.3) is 44.8 Å². The lowest BCUT2D eigenvalue weighted by Gasteiger charge is -2.30. The molecular weight excluding hydrogens is 819 g/mol. The molecule has 6 N–H and O–H groups in total. The predicted molar refractivity (Wildman–Crippen MR) is 241 cm³/mol. The van der Waals surface area contributed by atoms with Crippen LogP contribution in [-0.4, -0.2) is 71.4 Å². The summed E-state index contributed by atoms with van der Waals surface area (Å²) in [6.45, 7) is 7.60. The Hall–Kier alpha value is -6.88. The maximum absolute atomic E-state index is 15.1. The molecule has 0 bridgehead atoms. The molecule has 3 amide bonds. The highest BCUT2D eigenvalue weighted by molar-refractivity contribution is 6.06. The molecule has 64 heavy (non-hydrogen) atoms. The standard InChI is InChI=1S/C48H50F2N10O4/c1-29-37(23-34(49)24-40(29)55-46(62)36-16-15-33(22-39(36)50)48(2,3)64)44-38-25-41(54-45(38)53-28-52-44)31-13-11-30(12-14-31)26-51-18-6-4-5-7-19-59-27-42(57-58-59)32-9-8-10-35(21-32)60-20-17-43(61)56-47(60)63/h8-16,21-25,27-28,43,51,61,64H,4-7,17-20,26H2,1-3H3,(H,55,62)(H,56,63)(H,52,53,54). The fourth-order valence-electron chi connectivity index (χ4n) is 7.81. The molecule has 0 radical (unpaired) electrons. The maximum atomic E-state index is 15.1. The molecule has 0 saturated carbocycles. The van der Waals surface area contributed by atoms with Crippen molar-refractivity contribution in [2.24, 2.45) is 0 Å². The fraction of sp³-hybridized carbons (Fsp3) is 0.292. The Morgan fingerprint density at radius 1 is 0.953 bits per heavy atom. The number of carbonyl (C=O) groups excluding carboxylic acids is 2. The largest absolute Gasteiger partial charge is 0.386 e. The van der Waals surface area contributed by atoms with Gasteiger partial charge in [0.25, 0.3) is 5.91 Å². The van der Waals surface area contributed by atoms with E-state index in [-0.39, 0.29) is 17.3 Å². The van der Waals surface area contributed by atoms with Crippen LogP contribution in [0.4, 0.5) is 25.0 Å². The van der Waals surface area contributed by atoms with Crippen LogP contribution in [0, 0.1) is 18.6 Å². The number of halogens is 2. The molecule has 14 nitrogen and oxygen atoms in total. The molecule has 4 heterocycles. The average Bonchev–Trinajstić information content (AvgIpc) is 3.94. The Labute approximate surface area is 368 Å². The van der Waals surface area contributed by atoms with Gasteiger partial charge in [0.15, 0.2) is 0 Å². The molecule has 1 aliphatic rings. The lowest BCUT2D eigenvalue weighted by molar-refractivity contribution is 0.0780. The number of hydrogen-bond donors (Lipinski definition) is 6. The van der Waals surface area contributed by atoms with Crippen molar-refractivity contribution in [1.29, 1.82) is 0 Å². The predicted octanol–water partition coefficient (Wildman–Crippen LogP) is 8.21. The zero-order valence-corrected chi connectivity index (χ0v) is 35.8. The second-order valence-corrected chi connectivity index (χ2v) is 16.6. The number of aliphatic hydroxyl groups excluding tert-OH is 1. The van der Waals surface area contributed by atoms with Crippen molar-refractivity contribution in [2.75, 3.05) is 23.3 Å². The zero-order valence-electron chi connectivity index (χ0n) is 35.8. The van der Waals surface area contributed by atoms with Gasteiger partial charge in [-0.25, -0.2) is 23.5 Å². The highest BCUT2D eigenvalue weighted by Crippen LogP contribution is 2.35. The Morgan fingerprint density at radius 2 is 1.77 bits per heavy atom. The number of aliphatic hydroxyl groups is 2. The first kappa shape index (κ1) is 43.8. The van der Waals surface area contributed by atoms with E-state index in [0.29, 0.717) is 46.4 Å². The smallest absolute Gasteiger partial charge is 0.323 e. The molecule has 8 rings (SSSR count). The molecule has 3 aromatic heterocycles. The third-order valence-electron chi connectivity index (χ3n) is 11.5. The number of hydrogen-bond acceptors (Lipinski definition) is 9. The summed E-state index contributed by atoms with van der Waals surface area (Å²) >= 11 is 0. The van der Waals surface area contributed by atoms with Crippen LogP contribution in [0.5, 0.6) is 0 Å². The fourth-order valence-corrected chi connectivity index (χ4v) is 7.81. The van der Waals surface area contributed by atoms with Crippen molar-refractivity contribution < 1.29 is 28.6 Å². The van der Waals surface area contributed by atoms with Gasteiger partial charge >= 0.3 is 6.03 Å².